The normalized spacial score (nSPS) is 9.08. The maximum atomic E-state index is 8.84. The molecule has 0 aliphatic heterocycles. The summed E-state index contributed by atoms with van der Waals surface area (Å²) < 4.78 is 0. The molecule has 0 aromatic carbocycles. The van der Waals surface area contributed by atoms with Crippen molar-refractivity contribution in [3.63, 3.8) is 0 Å². The van der Waals surface area contributed by atoms with Crippen LogP contribution in [0.1, 0.15) is 17.5 Å². The third-order valence-electron chi connectivity index (χ3n) is 1.43. The third kappa shape index (κ3) is 3.58. The first-order chi connectivity index (χ1) is 6.36. The number of pyridine rings is 1. The molecule has 2 nitrogen and oxygen atoms in total. The summed E-state index contributed by atoms with van der Waals surface area (Å²) >= 11 is 3.29. The monoisotopic (exact) mass is 239 g/mol. The van der Waals surface area contributed by atoms with E-state index in [0.717, 1.165) is 22.9 Å². The van der Waals surface area contributed by atoms with Crippen molar-refractivity contribution in [2.45, 2.75) is 13.0 Å². The lowest BCUT2D eigenvalue weighted by atomic mass is 10.2. The molecule has 0 amide bonds. The number of rotatable bonds is 2. The van der Waals surface area contributed by atoms with Crippen molar-refractivity contribution in [2.24, 2.45) is 0 Å². The van der Waals surface area contributed by atoms with Gasteiger partial charge < -0.3 is 5.11 Å². The molecule has 1 aromatic rings. The topological polar surface area (TPSA) is 33.1 Å². The molecule has 0 fully saturated rings. The average Bonchev–Trinajstić information content (AvgIpc) is 2.19. The summed E-state index contributed by atoms with van der Waals surface area (Å²) in [6.07, 6.45) is 4.15. The predicted octanol–water partition coefficient (Wildman–Crippen LogP) is 1.71. The van der Waals surface area contributed by atoms with Crippen molar-refractivity contribution >= 4 is 15.9 Å². The van der Waals surface area contributed by atoms with Gasteiger partial charge in [-0.1, -0.05) is 27.8 Å². The fourth-order valence-corrected chi connectivity index (χ4v) is 1.05. The maximum Gasteiger partial charge on any atom is 0.0697 e. The first-order valence-corrected chi connectivity index (χ1v) is 5.08. The fourth-order valence-electron chi connectivity index (χ4n) is 0.854. The van der Waals surface area contributed by atoms with Gasteiger partial charge >= 0.3 is 0 Å². The van der Waals surface area contributed by atoms with E-state index in [1.54, 1.807) is 12.4 Å². The van der Waals surface area contributed by atoms with E-state index in [1.807, 2.05) is 6.07 Å². The third-order valence-corrected chi connectivity index (χ3v) is 1.83. The predicted molar refractivity (Wildman–Crippen MR) is 55.4 cm³/mol. The second-order valence-electron chi connectivity index (χ2n) is 2.48. The fraction of sp³-hybridized carbons (Fsp3) is 0.300. The Balaban J connectivity index is 2.73. The van der Waals surface area contributed by atoms with Crippen LogP contribution in [0.5, 0.6) is 0 Å². The van der Waals surface area contributed by atoms with Gasteiger partial charge in [0.2, 0.25) is 0 Å². The van der Waals surface area contributed by atoms with Crippen LogP contribution >= 0.6 is 15.9 Å². The molecule has 0 saturated carbocycles. The first kappa shape index (κ1) is 10.2. The largest absolute Gasteiger partial charge is 0.392 e. The molecule has 13 heavy (non-hydrogen) atoms. The van der Waals surface area contributed by atoms with Gasteiger partial charge in [0.1, 0.15) is 0 Å². The second kappa shape index (κ2) is 5.74. The van der Waals surface area contributed by atoms with Crippen LogP contribution in [0.3, 0.4) is 0 Å². The molecular weight excluding hydrogens is 230 g/mol. The molecule has 68 valence electrons. The smallest absolute Gasteiger partial charge is 0.0697 e. The molecule has 0 atom stereocenters. The van der Waals surface area contributed by atoms with Crippen molar-refractivity contribution in [3.8, 4) is 11.8 Å². The zero-order valence-electron chi connectivity index (χ0n) is 7.13. The summed E-state index contributed by atoms with van der Waals surface area (Å²) in [5, 5.41) is 9.72. The van der Waals surface area contributed by atoms with Crippen molar-refractivity contribution in [2.75, 3.05) is 5.33 Å². The Morgan fingerprint density at radius 2 is 2.31 bits per heavy atom. The molecule has 1 N–H and O–H groups in total. The SMILES string of the molecule is OCc1cncc(C#CCCBr)c1. The van der Waals surface area contributed by atoms with Crippen LogP contribution in [-0.2, 0) is 6.61 Å². The highest BCUT2D eigenvalue weighted by Gasteiger charge is 1.91. The Hall–Kier alpha value is -0.850. The minimum atomic E-state index is 0.0148. The lowest BCUT2D eigenvalue weighted by Gasteiger charge is -1.94. The van der Waals surface area contributed by atoms with E-state index in [1.165, 1.54) is 0 Å². The van der Waals surface area contributed by atoms with Gasteiger partial charge in [0, 0.05) is 29.7 Å². The number of alkyl halides is 1. The summed E-state index contributed by atoms with van der Waals surface area (Å²) in [6, 6.07) is 1.84. The number of aliphatic hydroxyl groups is 1. The number of nitrogens with zero attached hydrogens (tertiary/aromatic N) is 1. The van der Waals surface area contributed by atoms with E-state index < -0.39 is 0 Å². The Morgan fingerprint density at radius 1 is 1.46 bits per heavy atom. The Labute approximate surface area is 86.1 Å². The van der Waals surface area contributed by atoms with Gasteiger partial charge in [-0.3, -0.25) is 4.98 Å². The molecule has 1 rings (SSSR count). The van der Waals surface area contributed by atoms with Crippen LogP contribution in [0, 0.1) is 11.8 Å². The van der Waals surface area contributed by atoms with E-state index >= 15 is 0 Å². The molecule has 0 spiro atoms. The van der Waals surface area contributed by atoms with Crippen molar-refractivity contribution in [1.29, 1.82) is 0 Å². The lowest BCUT2D eigenvalue weighted by molar-refractivity contribution is 0.281. The highest BCUT2D eigenvalue weighted by molar-refractivity contribution is 9.09. The minimum absolute atomic E-state index is 0.0148. The van der Waals surface area contributed by atoms with Gasteiger partial charge in [-0.25, -0.2) is 0 Å². The highest BCUT2D eigenvalue weighted by atomic mass is 79.9. The number of hydrogen-bond acceptors (Lipinski definition) is 2. The quantitative estimate of drug-likeness (QED) is 0.630. The number of aromatic nitrogens is 1. The zero-order chi connectivity index (χ0) is 9.52. The van der Waals surface area contributed by atoms with E-state index in [4.69, 9.17) is 5.11 Å². The van der Waals surface area contributed by atoms with Crippen LogP contribution in [0.4, 0.5) is 0 Å². The van der Waals surface area contributed by atoms with E-state index in [9.17, 15) is 0 Å². The van der Waals surface area contributed by atoms with Crippen molar-refractivity contribution < 1.29 is 5.11 Å². The lowest BCUT2D eigenvalue weighted by Crippen LogP contribution is -1.86. The summed E-state index contributed by atoms with van der Waals surface area (Å²) in [5.74, 6) is 5.95. The van der Waals surface area contributed by atoms with Crippen LogP contribution in [0.2, 0.25) is 0 Å². The molecule has 1 heterocycles. The van der Waals surface area contributed by atoms with Crippen LogP contribution in [0.15, 0.2) is 18.5 Å². The van der Waals surface area contributed by atoms with Crippen LogP contribution < -0.4 is 0 Å². The molecule has 1 aromatic heterocycles. The van der Waals surface area contributed by atoms with Gasteiger partial charge in [0.15, 0.2) is 0 Å². The number of aliphatic hydroxyl groups excluding tert-OH is 1. The first-order valence-electron chi connectivity index (χ1n) is 3.96. The molecule has 3 heteroatoms. The van der Waals surface area contributed by atoms with Crippen molar-refractivity contribution in [1.82, 2.24) is 4.98 Å². The van der Waals surface area contributed by atoms with Gasteiger partial charge in [-0.05, 0) is 11.6 Å². The molecule has 0 bridgehead atoms. The van der Waals surface area contributed by atoms with Crippen LogP contribution in [-0.4, -0.2) is 15.4 Å². The minimum Gasteiger partial charge on any atom is -0.392 e. The summed E-state index contributed by atoms with van der Waals surface area (Å²) in [6.45, 7) is 0.0148. The number of hydrogen-bond donors (Lipinski definition) is 1. The Bertz CT molecular complexity index is 327. The average molecular weight is 240 g/mol. The molecule has 0 aliphatic rings. The molecule has 0 radical (unpaired) electrons. The molecule has 0 saturated heterocycles. The van der Waals surface area contributed by atoms with E-state index in [2.05, 4.69) is 32.8 Å². The van der Waals surface area contributed by atoms with E-state index in [0.29, 0.717) is 0 Å². The van der Waals surface area contributed by atoms with Gasteiger partial charge in [0.05, 0.1) is 6.61 Å². The summed E-state index contributed by atoms with van der Waals surface area (Å²) in [4.78, 5) is 3.96. The van der Waals surface area contributed by atoms with Gasteiger partial charge in [0.25, 0.3) is 0 Å². The van der Waals surface area contributed by atoms with Gasteiger partial charge in [-0.2, -0.15) is 0 Å². The zero-order valence-corrected chi connectivity index (χ0v) is 8.71. The second-order valence-corrected chi connectivity index (χ2v) is 3.27. The van der Waals surface area contributed by atoms with E-state index in [-0.39, 0.29) is 6.61 Å². The molecule has 0 unspecified atom stereocenters. The van der Waals surface area contributed by atoms with Crippen molar-refractivity contribution in [3.05, 3.63) is 29.6 Å². The summed E-state index contributed by atoms with van der Waals surface area (Å²) in [5.41, 5.74) is 1.65. The molecular formula is C10H10BrNO. The maximum absolute atomic E-state index is 8.84. The Kier molecular flexibility index (Phi) is 4.52. The molecule has 0 aliphatic carbocycles. The highest BCUT2D eigenvalue weighted by Crippen LogP contribution is 2.00. The Morgan fingerprint density at radius 3 is 3.00 bits per heavy atom. The summed E-state index contributed by atoms with van der Waals surface area (Å²) in [7, 11) is 0. The van der Waals surface area contributed by atoms with Gasteiger partial charge in [-0.15, -0.1) is 0 Å². The van der Waals surface area contributed by atoms with Crippen LogP contribution in [0.25, 0.3) is 0 Å². The number of halogens is 1. The standard InChI is InChI=1S/C10H10BrNO/c11-4-2-1-3-9-5-10(8-13)7-12-6-9/h5-7,13H,2,4,8H2.